The number of nitrogens with one attached hydrogen (secondary N) is 1. The third-order valence-electron chi connectivity index (χ3n) is 4.77. The Morgan fingerprint density at radius 2 is 1.75 bits per heavy atom. The Balaban J connectivity index is 2.06. The van der Waals surface area contributed by atoms with Crippen LogP contribution in [-0.2, 0) is 6.54 Å². The monoisotopic (exact) mass is 474 g/mol. The van der Waals surface area contributed by atoms with Crippen LogP contribution in [0.2, 0.25) is 5.02 Å². The summed E-state index contributed by atoms with van der Waals surface area (Å²) in [7, 11) is 0. The standard InChI is InChI=1S/C23H27ClN4O3S/c1-13(2)11-27(19-20(25)28(12-14(3)4)23(31)26-21(19)29)22(30)18-10-9-17(32-18)15-5-7-16(24)8-6-15/h5-10,13-14H,11-12,25H2,1-4H3,(H,26,29,31). The van der Waals surface area contributed by atoms with Gasteiger partial charge in [0.1, 0.15) is 5.82 Å². The highest BCUT2D eigenvalue weighted by atomic mass is 35.5. The lowest BCUT2D eigenvalue weighted by Crippen LogP contribution is -2.42. The first-order valence-corrected chi connectivity index (χ1v) is 11.6. The summed E-state index contributed by atoms with van der Waals surface area (Å²) in [6, 6.07) is 11.0. The van der Waals surface area contributed by atoms with Crippen molar-refractivity contribution < 1.29 is 4.79 Å². The number of nitrogens with zero attached hydrogens (tertiary/aromatic N) is 2. The predicted molar refractivity (Wildman–Crippen MR) is 132 cm³/mol. The first-order chi connectivity index (χ1) is 15.1. The van der Waals surface area contributed by atoms with Crippen LogP contribution in [0.5, 0.6) is 0 Å². The maximum atomic E-state index is 13.5. The first kappa shape index (κ1) is 23.8. The minimum absolute atomic E-state index is 0.00377. The summed E-state index contributed by atoms with van der Waals surface area (Å²) in [5.41, 5.74) is 5.97. The molecule has 3 rings (SSSR count). The number of carbonyl (C=O) groups excluding carboxylic acids is 1. The van der Waals surface area contributed by atoms with E-state index >= 15 is 0 Å². The lowest BCUT2D eigenvalue weighted by molar-refractivity contribution is 0.0987. The van der Waals surface area contributed by atoms with E-state index in [1.54, 1.807) is 18.2 Å². The molecule has 1 amide bonds. The van der Waals surface area contributed by atoms with Crippen LogP contribution in [0.15, 0.2) is 46.0 Å². The van der Waals surface area contributed by atoms with Crippen molar-refractivity contribution in [1.29, 1.82) is 0 Å². The number of hydrogen-bond acceptors (Lipinski definition) is 5. The fourth-order valence-corrected chi connectivity index (χ4v) is 4.47. The van der Waals surface area contributed by atoms with Crippen molar-refractivity contribution in [3.63, 3.8) is 0 Å². The molecule has 32 heavy (non-hydrogen) atoms. The zero-order chi connectivity index (χ0) is 23.6. The average molecular weight is 475 g/mol. The van der Waals surface area contributed by atoms with Gasteiger partial charge in [-0.3, -0.25) is 24.0 Å². The third kappa shape index (κ3) is 5.14. The van der Waals surface area contributed by atoms with Gasteiger partial charge >= 0.3 is 5.69 Å². The molecule has 0 saturated heterocycles. The zero-order valence-electron chi connectivity index (χ0n) is 18.5. The van der Waals surface area contributed by atoms with Gasteiger partial charge in [0, 0.05) is 23.0 Å². The minimum atomic E-state index is -0.670. The van der Waals surface area contributed by atoms with Crippen molar-refractivity contribution in [2.75, 3.05) is 17.2 Å². The van der Waals surface area contributed by atoms with Gasteiger partial charge in [0.2, 0.25) is 0 Å². The molecule has 2 heterocycles. The molecule has 3 aromatic rings. The van der Waals surface area contributed by atoms with Gasteiger partial charge in [-0.2, -0.15) is 0 Å². The third-order valence-corrected chi connectivity index (χ3v) is 6.14. The van der Waals surface area contributed by atoms with Crippen molar-refractivity contribution in [2.24, 2.45) is 11.8 Å². The van der Waals surface area contributed by atoms with Crippen molar-refractivity contribution in [2.45, 2.75) is 34.2 Å². The minimum Gasteiger partial charge on any atom is -0.383 e. The smallest absolute Gasteiger partial charge is 0.330 e. The number of anilines is 2. The number of halogens is 1. The Morgan fingerprint density at radius 1 is 1.09 bits per heavy atom. The number of rotatable bonds is 7. The molecule has 1 aromatic carbocycles. The number of nitrogens with two attached hydrogens (primary N) is 1. The number of H-pyrrole nitrogens is 1. The summed E-state index contributed by atoms with van der Waals surface area (Å²) in [4.78, 5) is 43.7. The number of hydrogen-bond donors (Lipinski definition) is 2. The predicted octanol–water partition coefficient (Wildman–Crippen LogP) is 4.46. The molecule has 0 atom stereocenters. The van der Waals surface area contributed by atoms with Crippen LogP contribution in [0.4, 0.5) is 11.5 Å². The van der Waals surface area contributed by atoms with E-state index < -0.39 is 11.2 Å². The number of benzene rings is 1. The molecule has 9 heteroatoms. The second kappa shape index (κ2) is 9.75. The Morgan fingerprint density at radius 3 is 2.34 bits per heavy atom. The molecule has 0 bridgehead atoms. The molecule has 0 aliphatic heterocycles. The van der Waals surface area contributed by atoms with Gasteiger partial charge in [-0.25, -0.2) is 4.79 Å². The van der Waals surface area contributed by atoms with Crippen LogP contribution in [0.1, 0.15) is 37.4 Å². The number of aromatic amines is 1. The highest BCUT2D eigenvalue weighted by molar-refractivity contribution is 7.17. The van der Waals surface area contributed by atoms with Crippen LogP contribution in [0.3, 0.4) is 0 Å². The fraction of sp³-hybridized carbons (Fsp3) is 0.348. The second-order valence-electron chi connectivity index (χ2n) is 8.48. The SMILES string of the molecule is CC(C)CN(C(=O)c1ccc(-c2ccc(Cl)cc2)s1)c1c(N)n(CC(C)C)c(=O)[nH]c1=O. The molecule has 0 saturated carbocycles. The van der Waals surface area contributed by atoms with E-state index in [-0.39, 0.29) is 35.8 Å². The van der Waals surface area contributed by atoms with Gasteiger partial charge in [0.05, 0.1) is 4.88 Å². The number of amides is 1. The summed E-state index contributed by atoms with van der Waals surface area (Å²) < 4.78 is 1.32. The fourth-order valence-electron chi connectivity index (χ4n) is 3.38. The summed E-state index contributed by atoms with van der Waals surface area (Å²) in [6.07, 6.45) is 0. The molecule has 7 nitrogen and oxygen atoms in total. The molecule has 3 N–H and O–H groups in total. The normalized spacial score (nSPS) is 11.3. The Kier molecular flexibility index (Phi) is 7.26. The van der Waals surface area contributed by atoms with Crippen LogP contribution in [-0.4, -0.2) is 22.0 Å². The summed E-state index contributed by atoms with van der Waals surface area (Å²) in [5.74, 6) is -0.145. The van der Waals surface area contributed by atoms with Crippen molar-refractivity contribution >= 4 is 40.4 Å². The molecule has 0 aliphatic rings. The zero-order valence-corrected chi connectivity index (χ0v) is 20.1. The molecule has 0 spiro atoms. The molecular formula is C23H27ClN4O3S. The van der Waals surface area contributed by atoms with Gasteiger partial charge in [0.15, 0.2) is 5.69 Å². The van der Waals surface area contributed by atoms with Crippen molar-refractivity contribution in [3.05, 3.63) is 67.1 Å². The molecular weight excluding hydrogens is 448 g/mol. The van der Waals surface area contributed by atoms with E-state index in [0.717, 1.165) is 10.4 Å². The van der Waals surface area contributed by atoms with Crippen molar-refractivity contribution in [1.82, 2.24) is 9.55 Å². The highest BCUT2D eigenvalue weighted by Gasteiger charge is 2.27. The molecule has 2 aromatic heterocycles. The second-order valence-corrected chi connectivity index (χ2v) is 10.00. The largest absolute Gasteiger partial charge is 0.383 e. The van der Waals surface area contributed by atoms with Crippen LogP contribution in [0.25, 0.3) is 10.4 Å². The van der Waals surface area contributed by atoms with Gasteiger partial charge in [-0.05, 0) is 41.7 Å². The number of carbonyl (C=O) groups is 1. The van der Waals surface area contributed by atoms with Crippen LogP contribution >= 0.6 is 22.9 Å². The summed E-state index contributed by atoms with van der Waals surface area (Å²) in [5, 5.41) is 0.635. The van der Waals surface area contributed by atoms with E-state index in [0.29, 0.717) is 16.4 Å². The number of aromatic nitrogens is 2. The maximum absolute atomic E-state index is 13.5. The maximum Gasteiger partial charge on any atom is 0.330 e. The van der Waals surface area contributed by atoms with Crippen LogP contribution < -0.4 is 21.9 Å². The molecule has 0 unspecified atom stereocenters. The van der Waals surface area contributed by atoms with Gasteiger partial charge in [0.25, 0.3) is 11.5 Å². The lowest BCUT2D eigenvalue weighted by atomic mass is 10.1. The van der Waals surface area contributed by atoms with E-state index in [1.807, 2.05) is 45.9 Å². The van der Waals surface area contributed by atoms with Gasteiger partial charge in [-0.15, -0.1) is 11.3 Å². The molecule has 170 valence electrons. The topological polar surface area (TPSA) is 101 Å². The highest BCUT2D eigenvalue weighted by Crippen LogP contribution is 2.31. The van der Waals surface area contributed by atoms with Gasteiger partial charge in [-0.1, -0.05) is 51.4 Å². The number of thiophene rings is 1. The van der Waals surface area contributed by atoms with E-state index in [2.05, 4.69) is 4.98 Å². The van der Waals surface area contributed by atoms with E-state index in [1.165, 1.54) is 20.8 Å². The average Bonchev–Trinajstić information content (AvgIpc) is 3.20. The summed E-state index contributed by atoms with van der Waals surface area (Å²) >= 11 is 7.30. The molecule has 0 radical (unpaired) electrons. The first-order valence-electron chi connectivity index (χ1n) is 10.4. The lowest BCUT2D eigenvalue weighted by Gasteiger charge is -2.26. The quantitative estimate of drug-likeness (QED) is 0.527. The Labute approximate surface area is 195 Å². The van der Waals surface area contributed by atoms with Crippen LogP contribution in [0, 0.1) is 11.8 Å². The van der Waals surface area contributed by atoms with E-state index in [4.69, 9.17) is 17.3 Å². The van der Waals surface area contributed by atoms with E-state index in [9.17, 15) is 14.4 Å². The number of nitrogen functional groups attached to an aromatic ring is 1. The molecule has 0 aliphatic carbocycles. The summed E-state index contributed by atoms with van der Waals surface area (Å²) in [6.45, 7) is 8.39. The van der Waals surface area contributed by atoms with Gasteiger partial charge < -0.3 is 5.73 Å². The van der Waals surface area contributed by atoms with Crippen molar-refractivity contribution in [3.8, 4) is 10.4 Å². The Hall–Kier alpha value is -2.84. The Bertz CT molecular complexity index is 1230. The molecule has 0 fully saturated rings.